The van der Waals surface area contributed by atoms with Crippen LogP contribution in [0.2, 0.25) is 0 Å². The maximum atomic E-state index is 11.8. The van der Waals surface area contributed by atoms with Crippen LogP contribution in [0.3, 0.4) is 0 Å². The maximum absolute atomic E-state index is 11.8. The van der Waals surface area contributed by atoms with E-state index in [1.54, 1.807) is 6.26 Å². The first-order chi connectivity index (χ1) is 13.3. The number of nitrogens with one attached hydrogen (secondary N) is 1. The van der Waals surface area contributed by atoms with Gasteiger partial charge in [0.25, 0.3) is 0 Å². The molecular formula is C19H20N4O3S. The highest BCUT2D eigenvalue weighted by atomic mass is 32.2. The Morgan fingerprint density at radius 3 is 2.81 bits per heavy atom. The third-order valence-electron chi connectivity index (χ3n) is 4.15. The Balaban J connectivity index is 1.30. The van der Waals surface area contributed by atoms with Gasteiger partial charge in [0, 0.05) is 17.4 Å². The second-order valence-electron chi connectivity index (χ2n) is 6.26. The number of anilines is 1. The number of aromatic nitrogens is 3. The molecule has 1 aliphatic rings. The van der Waals surface area contributed by atoms with Gasteiger partial charge in [-0.05, 0) is 37.1 Å². The minimum Gasteiger partial charge on any atom is -0.467 e. The molecule has 0 radical (unpaired) electrons. The van der Waals surface area contributed by atoms with Crippen molar-refractivity contribution < 1.29 is 13.9 Å². The first kappa shape index (κ1) is 17.7. The summed E-state index contributed by atoms with van der Waals surface area (Å²) in [5, 5.41) is 12.2. The van der Waals surface area contributed by atoms with Gasteiger partial charge in [0.2, 0.25) is 0 Å². The fourth-order valence-electron chi connectivity index (χ4n) is 2.70. The highest BCUT2D eigenvalue weighted by molar-refractivity contribution is 7.99. The summed E-state index contributed by atoms with van der Waals surface area (Å²) >= 11 is 1.53. The lowest BCUT2D eigenvalue weighted by molar-refractivity contribution is 0.169. The fraction of sp³-hybridized carbons (Fsp3) is 0.316. The van der Waals surface area contributed by atoms with Crippen molar-refractivity contribution >= 4 is 23.5 Å². The van der Waals surface area contributed by atoms with E-state index in [0.717, 1.165) is 29.6 Å². The fourth-order valence-corrected chi connectivity index (χ4v) is 3.46. The minimum atomic E-state index is -0.461. The molecule has 1 N–H and O–H groups in total. The number of carbonyl (C=O) groups excluding carboxylic acids is 1. The number of thioether (sulfide) groups is 1. The topological polar surface area (TPSA) is 82.2 Å². The van der Waals surface area contributed by atoms with E-state index in [0.29, 0.717) is 23.9 Å². The Bertz CT molecular complexity index is 876. The molecule has 7 nitrogen and oxygen atoms in total. The van der Waals surface area contributed by atoms with Crippen molar-refractivity contribution in [1.82, 2.24) is 14.8 Å². The van der Waals surface area contributed by atoms with Gasteiger partial charge in [-0.15, -0.1) is 10.2 Å². The number of rotatable bonds is 8. The van der Waals surface area contributed by atoms with E-state index < -0.39 is 6.09 Å². The van der Waals surface area contributed by atoms with Crippen molar-refractivity contribution in [2.75, 3.05) is 17.7 Å². The molecule has 0 unspecified atom stereocenters. The second kappa shape index (κ2) is 8.30. The molecule has 1 aromatic carbocycles. The van der Waals surface area contributed by atoms with E-state index in [1.807, 2.05) is 42.5 Å². The molecular weight excluding hydrogens is 364 g/mol. The number of furan rings is 1. The quantitative estimate of drug-likeness (QED) is 0.464. The molecule has 1 saturated carbocycles. The molecule has 2 heterocycles. The monoisotopic (exact) mass is 384 g/mol. The summed E-state index contributed by atoms with van der Waals surface area (Å²) < 4.78 is 12.8. The third kappa shape index (κ3) is 4.71. The summed E-state index contributed by atoms with van der Waals surface area (Å²) in [7, 11) is 0. The van der Waals surface area contributed by atoms with Gasteiger partial charge in [-0.3, -0.25) is 9.88 Å². The van der Waals surface area contributed by atoms with Crippen LogP contribution >= 0.6 is 11.8 Å². The van der Waals surface area contributed by atoms with Gasteiger partial charge in [0.05, 0.1) is 12.8 Å². The molecule has 0 bridgehead atoms. The van der Waals surface area contributed by atoms with E-state index in [4.69, 9.17) is 9.15 Å². The van der Waals surface area contributed by atoms with E-state index >= 15 is 0 Å². The van der Waals surface area contributed by atoms with Crippen molar-refractivity contribution in [3.8, 4) is 0 Å². The molecule has 0 aliphatic heterocycles. The van der Waals surface area contributed by atoms with E-state index in [2.05, 4.69) is 20.1 Å². The molecule has 3 aromatic rings. The summed E-state index contributed by atoms with van der Waals surface area (Å²) in [6.45, 7) is 0.902. The van der Waals surface area contributed by atoms with Crippen LogP contribution in [0, 0.1) is 0 Å². The van der Waals surface area contributed by atoms with Crippen LogP contribution in [-0.4, -0.2) is 33.2 Å². The van der Waals surface area contributed by atoms with E-state index in [9.17, 15) is 4.79 Å². The number of para-hydroxylation sites is 1. The molecule has 0 spiro atoms. The van der Waals surface area contributed by atoms with Crippen LogP contribution in [0.4, 0.5) is 10.5 Å². The second-order valence-corrected chi connectivity index (χ2v) is 7.32. The highest BCUT2D eigenvalue weighted by Gasteiger charge is 2.30. The number of nitrogens with zero attached hydrogens (tertiary/aromatic N) is 3. The Morgan fingerprint density at radius 2 is 2.07 bits per heavy atom. The molecule has 0 saturated heterocycles. The van der Waals surface area contributed by atoms with Crippen molar-refractivity contribution in [3.63, 3.8) is 0 Å². The first-order valence-electron chi connectivity index (χ1n) is 8.86. The number of benzene rings is 1. The van der Waals surface area contributed by atoms with Crippen molar-refractivity contribution in [3.05, 3.63) is 60.3 Å². The zero-order chi connectivity index (χ0) is 18.5. The van der Waals surface area contributed by atoms with Gasteiger partial charge in [-0.1, -0.05) is 30.0 Å². The number of carbonyl (C=O) groups is 1. The van der Waals surface area contributed by atoms with Gasteiger partial charge in [0.1, 0.15) is 18.2 Å². The Labute approximate surface area is 161 Å². The van der Waals surface area contributed by atoms with Gasteiger partial charge in [0.15, 0.2) is 5.16 Å². The zero-order valence-corrected chi connectivity index (χ0v) is 15.5. The summed E-state index contributed by atoms with van der Waals surface area (Å²) in [6.07, 6.45) is 3.52. The molecule has 8 heteroatoms. The van der Waals surface area contributed by atoms with Crippen LogP contribution in [0.25, 0.3) is 0 Å². The predicted octanol–water partition coefficient (Wildman–Crippen LogP) is 4.14. The number of amides is 1. The van der Waals surface area contributed by atoms with Crippen molar-refractivity contribution in [1.29, 1.82) is 0 Å². The number of ether oxygens (including phenoxy) is 1. The molecule has 1 aliphatic carbocycles. The van der Waals surface area contributed by atoms with Crippen LogP contribution in [0.5, 0.6) is 0 Å². The normalized spacial score (nSPS) is 13.5. The average molecular weight is 384 g/mol. The minimum absolute atomic E-state index is 0.287. The number of hydrogen-bond donors (Lipinski definition) is 1. The molecule has 27 heavy (non-hydrogen) atoms. The van der Waals surface area contributed by atoms with Crippen LogP contribution < -0.4 is 5.32 Å². The van der Waals surface area contributed by atoms with Gasteiger partial charge in [-0.2, -0.15) is 0 Å². The van der Waals surface area contributed by atoms with Crippen LogP contribution in [0.15, 0.2) is 58.3 Å². The molecule has 1 fully saturated rings. The zero-order valence-electron chi connectivity index (χ0n) is 14.7. The molecule has 0 atom stereocenters. The molecule has 1 amide bonds. The van der Waals surface area contributed by atoms with Gasteiger partial charge >= 0.3 is 6.09 Å². The van der Waals surface area contributed by atoms with E-state index in [-0.39, 0.29) is 6.61 Å². The summed E-state index contributed by atoms with van der Waals surface area (Å²) in [5.74, 6) is 2.98. The average Bonchev–Trinajstić information content (AvgIpc) is 3.24. The van der Waals surface area contributed by atoms with E-state index in [1.165, 1.54) is 11.8 Å². The number of hydrogen-bond acceptors (Lipinski definition) is 6. The molecule has 2 aromatic heterocycles. The smallest absolute Gasteiger partial charge is 0.411 e. The highest BCUT2D eigenvalue weighted by Crippen LogP contribution is 2.40. The summed E-state index contributed by atoms with van der Waals surface area (Å²) in [6, 6.07) is 13.1. The van der Waals surface area contributed by atoms with Gasteiger partial charge < -0.3 is 9.15 Å². The van der Waals surface area contributed by atoms with Crippen LogP contribution in [-0.2, 0) is 11.3 Å². The maximum Gasteiger partial charge on any atom is 0.411 e. The first-order valence-corrected chi connectivity index (χ1v) is 9.85. The standard InChI is InChI=1S/C19H20N4O3S/c24-19(20-15-5-2-1-3-6-15)26-11-12-27-18-22-21-17(14-8-9-14)23(18)13-16-7-4-10-25-16/h1-7,10,14H,8-9,11-13H2,(H,20,24). The summed E-state index contributed by atoms with van der Waals surface area (Å²) in [5.41, 5.74) is 0.711. The third-order valence-corrected chi connectivity index (χ3v) is 5.08. The lowest BCUT2D eigenvalue weighted by atomic mass is 10.3. The van der Waals surface area contributed by atoms with Gasteiger partial charge in [-0.25, -0.2) is 4.79 Å². The Morgan fingerprint density at radius 1 is 1.22 bits per heavy atom. The molecule has 4 rings (SSSR count). The van der Waals surface area contributed by atoms with Crippen molar-refractivity contribution in [2.45, 2.75) is 30.5 Å². The lowest BCUT2D eigenvalue weighted by Crippen LogP contribution is -2.15. The lowest BCUT2D eigenvalue weighted by Gasteiger charge is -2.09. The Hall–Kier alpha value is -2.74. The van der Waals surface area contributed by atoms with Crippen LogP contribution in [0.1, 0.15) is 30.3 Å². The predicted molar refractivity (Wildman–Crippen MR) is 102 cm³/mol. The molecule has 140 valence electrons. The SMILES string of the molecule is O=C(Nc1ccccc1)OCCSc1nnc(C2CC2)n1Cc1ccco1. The summed E-state index contributed by atoms with van der Waals surface area (Å²) in [4.78, 5) is 11.8. The van der Waals surface area contributed by atoms with Crippen molar-refractivity contribution in [2.24, 2.45) is 0 Å². The largest absolute Gasteiger partial charge is 0.467 e. The Kier molecular flexibility index (Phi) is 5.43.